The Labute approximate surface area is 126 Å². The third-order valence-corrected chi connectivity index (χ3v) is 4.35. The Morgan fingerprint density at radius 1 is 1.38 bits per heavy atom. The fourth-order valence-corrected chi connectivity index (χ4v) is 3.05. The third-order valence-electron chi connectivity index (χ3n) is 4.35. The Hall–Kier alpha value is -1.55. The summed E-state index contributed by atoms with van der Waals surface area (Å²) >= 11 is 0. The number of carboxylic acids is 1. The summed E-state index contributed by atoms with van der Waals surface area (Å²) in [5.74, 6) is 0.315. The van der Waals surface area contributed by atoms with Crippen molar-refractivity contribution in [2.75, 3.05) is 20.2 Å². The van der Waals surface area contributed by atoms with E-state index in [1.807, 2.05) is 0 Å². The van der Waals surface area contributed by atoms with E-state index in [1.54, 1.807) is 24.3 Å². The van der Waals surface area contributed by atoms with Crippen molar-refractivity contribution in [1.82, 2.24) is 4.90 Å². The lowest BCUT2D eigenvalue weighted by Crippen LogP contribution is -2.38. The minimum atomic E-state index is -0.944. The van der Waals surface area contributed by atoms with Gasteiger partial charge in [0.05, 0.1) is 0 Å². The van der Waals surface area contributed by atoms with Gasteiger partial charge in [0.2, 0.25) is 0 Å². The van der Waals surface area contributed by atoms with E-state index >= 15 is 0 Å². The zero-order valence-corrected chi connectivity index (χ0v) is 12.9. The predicted octanol–water partition coefficient (Wildman–Crippen LogP) is 3.27. The smallest absolute Gasteiger partial charge is 0.339 e. The summed E-state index contributed by atoms with van der Waals surface area (Å²) in [6.07, 6.45) is 5.15. The van der Waals surface area contributed by atoms with Gasteiger partial charge in [0.1, 0.15) is 17.9 Å². The first kappa shape index (κ1) is 15.8. The van der Waals surface area contributed by atoms with Crippen molar-refractivity contribution in [3.05, 3.63) is 29.8 Å². The van der Waals surface area contributed by atoms with Crippen molar-refractivity contribution in [3.63, 3.8) is 0 Å². The van der Waals surface area contributed by atoms with E-state index in [-0.39, 0.29) is 5.56 Å². The van der Waals surface area contributed by atoms with Crippen LogP contribution >= 0.6 is 0 Å². The largest absolute Gasteiger partial charge is 0.491 e. The molecule has 1 aliphatic rings. The summed E-state index contributed by atoms with van der Waals surface area (Å²) < 4.78 is 5.66. The number of carbonyl (C=O) groups is 1. The molecule has 1 aliphatic carbocycles. The second kappa shape index (κ2) is 7.46. The Morgan fingerprint density at radius 3 is 2.86 bits per heavy atom. The number of aromatic carboxylic acids is 1. The Bertz CT molecular complexity index is 475. The van der Waals surface area contributed by atoms with E-state index in [4.69, 9.17) is 9.84 Å². The van der Waals surface area contributed by atoms with Crippen LogP contribution in [0.15, 0.2) is 24.3 Å². The van der Waals surface area contributed by atoms with Crippen molar-refractivity contribution in [3.8, 4) is 5.75 Å². The molecule has 0 aliphatic heterocycles. The van der Waals surface area contributed by atoms with E-state index in [0.717, 1.165) is 12.5 Å². The zero-order valence-electron chi connectivity index (χ0n) is 12.9. The van der Waals surface area contributed by atoms with Crippen molar-refractivity contribution < 1.29 is 14.6 Å². The van der Waals surface area contributed by atoms with Gasteiger partial charge in [0.25, 0.3) is 0 Å². The zero-order chi connectivity index (χ0) is 15.2. The lowest BCUT2D eigenvalue weighted by atomic mass is 9.86. The van der Waals surface area contributed by atoms with Gasteiger partial charge in [-0.2, -0.15) is 0 Å². The molecule has 1 saturated carbocycles. The molecular weight excluding hydrogens is 266 g/mol. The highest BCUT2D eigenvalue weighted by atomic mass is 16.5. The number of hydrogen-bond acceptors (Lipinski definition) is 3. The fraction of sp³-hybridized carbons (Fsp3) is 0.588. The molecule has 0 bridgehead atoms. The number of nitrogens with zero attached hydrogens (tertiary/aromatic N) is 1. The van der Waals surface area contributed by atoms with Crippen LogP contribution in [0.1, 0.15) is 43.0 Å². The third kappa shape index (κ3) is 4.46. The summed E-state index contributed by atoms with van der Waals surface area (Å²) in [6, 6.07) is 7.43. The number of hydrogen-bond donors (Lipinski definition) is 1. The molecule has 21 heavy (non-hydrogen) atoms. The molecule has 1 fully saturated rings. The van der Waals surface area contributed by atoms with Crippen molar-refractivity contribution in [2.45, 2.75) is 38.6 Å². The molecule has 0 aromatic heterocycles. The number of para-hydroxylation sites is 1. The molecule has 0 amide bonds. The molecular formula is C17H25NO3. The first-order chi connectivity index (χ1) is 10.1. The number of ether oxygens (including phenoxy) is 1. The van der Waals surface area contributed by atoms with Gasteiger partial charge in [-0.25, -0.2) is 4.79 Å². The van der Waals surface area contributed by atoms with E-state index in [1.165, 1.54) is 25.7 Å². The summed E-state index contributed by atoms with van der Waals surface area (Å²) in [4.78, 5) is 13.5. The van der Waals surface area contributed by atoms with Crippen LogP contribution in [0.2, 0.25) is 0 Å². The van der Waals surface area contributed by atoms with Crippen LogP contribution in [0.5, 0.6) is 5.75 Å². The lowest BCUT2D eigenvalue weighted by molar-refractivity contribution is 0.0691. The van der Waals surface area contributed by atoms with E-state index in [0.29, 0.717) is 18.4 Å². The molecule has 0 saturated heterocycles. The van der Waals surface area contributed by atoms with Crippen LogP contribution in [0.4, 0.5) is 0 Å². The highest BCUT2D eigenvalue weighted by Crippen LogP contribution is 2.26. The maximum Gasteiger partial charge on any atom is 0.339 e. The molecule has 0 spiro atoms. The molecule has 1 aromatic carbocycles. The van der Waals surface area contributed by atoms with Gasteiger partial charge in [-0.1, -0.05) is 31.9 Å². The van der Waals surface area contributed by atoms with Crippen molar-refractivity contribution >= 4 is 5.97 Å². The van der Waals surface area contributed by atoms with E-state index in [9.17, 15) is 4.79 Å². The van der Waals surface area contributed by atoms with Crippen molar-refractivity contribution in [2.24, 2.45) is 5.92 Å². The maximum absolute atomic E-state index is 11.1. The Morgan fingerprint density at radius 2 is 2.14 bits per heavy atom. The van der Waals surface area contributed by atoms with E-state index < -0.39 is 5.97 Å². The second-order valence-corrected chi connectivity index (χ2v) is 6.06. The molecule has 1 aromatic rings. The van der Waals surface area contributed by atoms with Crippen LogP contribution in [0.3, 0.4) is 0 Å². The topological polar surface area (TPSA) is 49.8 Å². The number of rotatable bonds is 6. The standard InChI is InChI=1S/C17H25NO3/c1-13-6-5-7-14(12-13)18(2)10-11-21-16-9-4-3-8-15(16)17(19)20/h3-4,8-9,13-14H,5-7,10-12H2,1-2H3,(H,19,20). The normalized spacial score (nSPS) is 22.2. The predicted molar refractivity (Wildman–Crippen MR) is 82.9 cm³/mol. The van der Waals surface area contributed by atoms with Crippen LogP contribution in [0.25, 0.3) is 0 Å². The monoisotopic (exact) mass is 291 g/mol. The Balaban J connectivity index is 1.82. The minimum Gasteiger partial charge on any atom is -0.491 e. The molecule has 1 N–H and O–H groups in total. The lowest BCUT2D eigenvalue weighted by Gasteiger charge is -2.34. The molecule has 0 radical (unpaired) electrons. The van der Waals surface area contributed by atoms with Gasteiger partial charge >= 0.3 is 5.97 Å². The minimum absolute atomic E-state index is 0.228. The highest BCUT2D eigenvalue weighted by Gasteiger charge is 2.22. The summed E-state index contributed by atoms with van der Waals surface area (Å²) in [6.45, 7) is 3.66. The average molecular weight is 291 g/mol. The second-order valence-electron chi connectivity index (χ2n) is 6.06. The fourth-order valence-electron chi connectivity index (χ4n) is 3.05. The SMILES string of the molecule is CC1CCCC(N(C)CCOc2ccccc2C(=O)O)C1. The van der Waals surface area contributed by atoms with Gasteiger partial charge in [-0.3, -0.25) is 0 Å². The van der Waals surface area contributed by atoms with Crippen molar-refractivity contribution in [1.29, 1.82) is 0 Å². The molecule has 4 nitrogen and oxygen atoms in total. The summed E-state index contributed by atoms with van der Waals surface area (Å²) in [5.41, 5.74) is 0.228. The molecule has 2 rings (SSSR count). The van der Waals surface area contributed by atoms with Gasteiger partial charge in [0, 0.05) is 12.6 Å². The summed E-state index contributed by atoms with van der Waals surface area (Å²) in [5, 5.41) is 9.12. The van der Waals surface area contributed by atoms with Gasteiger partial charge in [0.15, 0.2) is 0 Å². The van der Waals surface area contributed by atoms with Crippen LogP contribution in [0, 0.1) is 5.92 Å². The van der Waals surface area contributed by atoms with Crippen LogP contribution in [-0.4, -0.2) is 42.2 Å². The van der Waals surface area contributed by atoms with Gasteiger partial charge in [-0.05, 0) is 37.9 Å². The van der Waals surface area contributed by atoms with Gasteiger partial charge < -0.3 is 14.7 Å². The first-order valence-electron chi connectivity index (χ1n) is 7.73. The quantitative estimate of drug-likeness (QED) is 0.874. The number of benzene rings is 1. The summed E-state index contributed by atoms with van der Waals surface area (Å²) in [7, 11) is 2.13. The molecule has 2 unspecified atom stereocenters. The molecule has 0 heterocycles. The number of carboxylic acid groups (broad SMARTS) is 1. The molecule has 2 atom stereocenters. The average Bonchev–Trinajstić information content (AvgIpc) is 2.47. The van der Waals surface area contributed by atoms with E-state index in [2.05, 4.69) is 18.9 Å². The maximum atomic E-state index is 11.1. The number of likely N-dealkylation sites (N-methyl/N-ethyl adjacent to an activating group) is 1. The molecule has 116 valence electrons. The highest BCUT2D eigenvalue weighted by molar-refractivity contribution is 5.90. The van der Waals surface area contributed by atoms with Crippen LogP contribution in [-0.2, 0) is 0 Å². The first-order valence-corrected chi connectivity index (χ1v) is 7.73. The Kier molecular flexibility index (Phi) is 5.62. The van der Waals surface area contributed by atoms with Crippen LogP contribution < -0.4 is 4.74 Å². The molecule has 4 heteroatoms. The van der Waals surface area contributed by atoms with Gasteiger partial charge in [-0.15, -0.1) is 0 Å².